The molecule has 0 fully saturated rings. The van der Waals surface area contributed by atoms with Gasteiger partial charge in [-0.05, 0) is 32.0 Å². The summed E-state index contributed by atoms with van der Waals surface area (Å²) in [5, 5.41) is 17.1. The third-order valence-electron chi connectivity index (χ3n) is 4.99. The fourth-order valence-electron chi connectivity index (χ4n) is 3.39. The first-order valence-electron chi connectivity index (χ1n) is 9.81. The van der Waals surface area contributed by atoms with Crippen molar-refractivity contribution in [1.29, 1.82) is 0 Å². The summed E-state index contributed by atoms with van der Waals surface area (Å²) in [7, 11) is 3.58. The van der Waals surface area contributed by atoms with E-state index in [0.29, 0.717) is 17.0 Å². The lowest BCUT2D eigenvalue weighted by Gasteiger charge is -2.15. The predicted molar refractivity (Wildman–Crippen MR) is 121 cm³/mol. The van der Waals surface area contributed by atoms with E-state index in [0.717, 1.165) is 44.8 Å². The maximum Gasteiger partial charge on any atom is 0.416 e. The van der Waals surface area contributed by atoms with E-state index in [1.54, 1.807) is 17.7 Å². The maximum atomic E-state index is 13.1. The zero-order valence-corrected chi connectivity index (χ0v) is 21.0. The van der Waals surface area contributed by atoms with Gasteiger partial charge >= 0.3 is 24.1 Å². The summed E-state index contributed by atoms with van der Waals surface area (Å²) in [4.78, 5) is 29.7. The van der Waals surface area contributed by atoms with Crippen LogP contribution < -0.4 is 21.7 Å². The average molecular weight is 552 g/mol. The van der Waals surface area contributed by atoms with Crippen LogP contribution in [0.3, 0.4) is 0 Å². The molecule has 35 heavy (non-hydrogen) atoms. The number of hydrogen-bond acceptors (Lipinski definition) is 6. The highest BCUT2D eigenvalue weighted by molar-refractivity contribution is 8.76. The van der Waals surface area contributed by atoms with Gasteiger partial charge in [0.25, 0.3) is 0 Å². The minimum Gasteiger partial charge on any atom is -1.00 e. The molecule has 0 aliphatic heterocycles. The molecule has 2 heterocycles. The number of fused-ring (bicyclic) bond motifs is 1. The number of aromatic nitrogens is 3. The molecule has 1 atom stereocenters. The van der Waals surface area contributed by atoms with Gasteiger partial charge in [0, 0.05) is 11.1 Å². The van der Waals surface area contributed by atoms with Crippen LogP contribution in [0.2, 0.25) is 0 Å². The van der Waals surface area contributed by atoms with Crippen LogP contribution in [-0.2, 0) is 21.5 Å². The van der Waals surface area contributed by atoms with Crippen molar-refractivity contribution in [3.05, 3.63) is 46.8 Å². The molecular formula is C21H21ClF3N3O5S2. The number of ether oxygens (including phenoxy) is 1. The molecule has 0 saturated heterocycles. The molecule has 14 heteroatoms. The molecule has 3 rings (SSSR count). The van der Waals surface area contributed by atoms with E-state index in [1.807, 2.05) is 6.92 Å². The highest BCUT2D eigenvalue weighted by Gasteiger charge is 2.32. The number of carboxylic acids is 2. The number of H-pyrrole nitrogens is 1. The number of methoxy groups -OCH3 is 1. The standard InChI is InChI=1S/C21H20F3N3O5S2.ClH/c1-10-8-27(20-25-13-5-4-12(21(22,23)24)6-14(13)26-20)15(11(2)18(10)32-3)9-33-34-16(19(30)31)7-17(28)29;/h4-6,8,16H,7,9H2,1-3H3,(H2-,25,26,28,29,30,31);1H. The number of nitrogens with zero attached hydrogens (tertiary/aromatic N) is 2. The van der Waals surface area contributed by atoms with Crippen LogP contribution in [0.15, 0.2) is 24.4 Å². The van der Waals surface area contributed by atoms with Gasteiger partial charge in [-0.15, -0.1) is 0 Å². The van der Waals surface area contributed by atoms with E-state index < -0.39 is 35.3 Å². The van der Waals surface area contributed by atoms with Gasteiger partial charge in [0.15, 0.2) is 5.52 Å². The lowest BCUT2D eigenvalue weighted by atomic mass is 10.1. The highest BCUT2D eigenvalue weighted by atomic mass is 35.5. The summed E-state index contributed by atoms with van der Waals surface area (Å²) in [6.45, 7) is 3.62. The number of benzene rings is 1. The van der Waals surface area contributed by atoms with Gasteiger partial charge in [-0.3, -0.25) is 9.59 Å². The molecule has 0 bridgehead atoms. The van der Waals surface area contributed by atoms with Crippen molar-refractivity contribution in [2.24, 2.45) is 0 Å². The number of imidazole rings is 1. The van der Waals surface area contributed by atoms with Gasteiger partial charge in [-0.2, -0.15) is 13.2 Å². The van der Waals surface area contributed by atoms with Crippen molar-refractivity contribution in [3.63, 3.8) is 0 Å². The summed E-state index contributed by atoms with van der Waals surface area (Å²) >= 11 is 0. The zero-order valence-electron chi connectivity index (χ0n) is 18.6. The van der Waals surface area contributed by atoms with E-state index in [2.05, 4.69) is 9.97 Å². The second kappa shape index (κ2) is 11.4. The number of aryl methyl sites for hydroxylation is 1. The van der Waals surface area contributed by atoms with Gasteiger partial charge in [0.05, 0.1) is 31.0 Å². The minimum atomic E-state index is -4.50. The topological polar surface area (TPSA) is 116 Å². The minimum absolute atomic E-state index is 0. The normalized spacial score (nSPS) is 12.3. The third kappa shape index (κ3) is 6.53. The van der Waals surface area contributed by atoms with Crippen molar-refractivity contribution < 1.29 is 54.7 Å². The summed E-state index contributed by atoms with van der Waals surface area (Å²) in [6.07, 6.45) is -3.31. The van der Waals surface area contributed by atoms with Gasteiger partial charge in [-0.25, -0.2) is 9.55 Å². The highest BCUT2D eigenvalue weighted by Crippen LogP contribution is 2.35. The summed E-state index contributed by atoms with van der Waals surface area (Å²) in [6, 6.07) is 3.25. The molecule has 0 amide bonds. The van der Waals surface area contributed by atoms with E-state index in [-0.39, 0.29) is 29.6 Å². The molecule has 3 aromatic rings. The van der Waals surface area contributed by atoms with Gasteiger partial charge in [0.2, 0.25) is 0 Å². The lowest BCUT2D eigenvalue weighted by molar-refractivity contribution is -0.611. The van der Waals surface area contributed by atoms with E-state index in [9.17, 15) is 27.9 Å². The Labute approximate surface area is 212 Å². The fraction of sp³-hybridized carbons (Fsp3) is 0.333. The predicted octanol–water partition coefficient (Wildman–Crippen LogP) is 1.30. The summed E-state index contributed by atoms with van der Waals surface area (Å²) in [5.74, 6) is -1.31. The molecule has 1 aromatic carbocycles. The Morgan fingerprint density at radius 2 is 1.94 bits per heavy atom. The number of carboxylic acid groups (broad SMARTS) is 2. The molecule has 1 unspecified atom stereocenters. The van der Waals surface area contributed by atoms with Crippen LogP contribution in [0, 0.1) is 13.8 Å². The molecule has 0 aliphatic rings. The molecule has 0 aliphatic carbocycles. The van der Waals surface area contributed by atoms with Gasteiger partial charge in [-0.1, -0.05) is 26.6 Å². The number of carbonyl (C=O) groups is 2. The van der Waals surface area contributed by atoms with Gasteiger partial charge in [0.1, 0.15) is 22.2 Å². The molecule has 2 aromatic heterocycles. The first-order valence-corrected chi connectivity index (χ1v) is 12.2. The molecular weight excluding hydrogens is 531 g/mol. The molecule has 190 valence electrons. The van der Waals surface area contributed by atoms with E-state index in [1.165, 1.54) is 13.2 Å². The van der Waals surface area contributed by atoms with Crippen molar-refractivity contribution in [2.45, 2.75) is 37.4 Å². The molecule has 0 spiro atoms. The quantitative estimate of drug-likeness (QED) is 0.269. The van der Waals surface area contributed by atoms with Gasteiger partial charge < -0.3 is 27.4 Å². The van der Waals surface area contributed by atoms with Crippen LogP contribution in [0.5, 0.6) is 5.75 Å². The molecule has 8 nitrogen and oxygen atoms in total. The molecule has 0 saturated carbocycles. The lowest BCUT2D eigenvalue weighted by Crippen LogP contribution is -3.00. The number of pyridine rings is 1. The van der Waals surface area contributed by atoms with Crippen molar-refractivity contribution in [1.82, 2.24) is 9.97 Å². The average Bonchev–Trinajstić information content (AvgIpc) is 3.16. The number of alkyl halides is 3. The van der Waals surface area contributed by atoms with E-state index in [4.69, 9.17) is 9.84 Å². The second-order valence-corrected chi connectivity index (χ2v) is 9.93. The number of nitrogens with one attached hydrogen (secondary N) is 1. The Bertz CT molecular complexity index is 1250. The summed E-state index contributed by atoms with van der Waals surface area (Å²) < 4.78 is 46.5. The number of rotatable bonds is 9. The maximum absolute atomic E-state index is 13.1. The zero-order chi connectivity index (χ0) is 25.2. The van der Waals surface area contributed by atoms with Crippen molar-refractivity contribution >= 4 is 44.6 Å². The first-order chi connectivity index (χ1) is 15.9. The smallest absolute Gasteiger partial charge is 0.416 e. The number of halogens is 4. The van der Waals surface area contributed by atoms with E-state index >= 15 is 0 Å². The Morgan fingerprint density at radius 1 is 1.26 bits per heavy atom. The molecule has 0 radical (unpaired) electrons. The van der Waals surface area contributed by atoms with Crippen LogP contribution in [-0.4, -0.2) is 44.5 Å². The van der Waals surface area contributed by atoms with Crippen molar-refractivity contribution in [2.75, 3.05) is 7.11 Å². The largest absolute Gasteiger partial charge is 1.00 e. The molecule has 3 N–H and O–H groups in total. The third-order valence-corrected chi connectivity index (χ3v) is 7.58. The number of hydrogen-bond donors (Lipinski definition) is 3. The number of aromatic amines is 1. The Morgan fingerprint density at radius 3 is 2.51 bits per heavy atom. The van der Waals surface area contributed by atoms with Crippen LogP contribution in [0.25, 0.3) is 17.0 Å². The SMILES string of the molecule is COc1c(C)c[n+](-c2nc3cc(C(F)(F)F)ccc3[nH]2)c(CSSC(CC(=O)O)C(=O)O)c1C.[Cl-]. The van der Waals surface area contributed by atoms with Crippen molar-refractivity contribution in [3.8, 4) is 11.7 Å². The monoisotopic (exact) mass is 551 g/mol. The second-order valence-electron chi connectivity index (χ2n) is 7.36. The Balaban J connectivity index is 0.00000432. The Kier molecular flexibility index (Phi) is 9.31. The number of aliphatic carboxylic acids is 2. The fourth-order valence-corrected chi connectivity index (χ4v) is 5.87. The van der Waals surface area contributed by atoms with Crippen LogP contribution >= 0.6 is 21.6 Å². The summed E-state index contributed by atoms with van der Waals surface area (Å²) in [5.41, 5.74) is 1.90. The van der Waals surface area contributed by atoms with Crippen LogP contribution in [0.4, 0.5) is 13.2 Å². The first kappa shape index (κ1) is 28.6. The Hall–Kier alpha value is -2.64. The van der Waals surface area contributed by atoms with Crippen LogP contribution in [0.1, 0.15) is 28.8 Å².